The first-order valence-electron chi connectivity index (χ1n) is 6.50. The molecular formula is C13H28OSi. The zero-order valence-electron chi connectivity index (χ0n) is 11.1. The Morgan fingerprint density at radius 2 is 1.53 bits per heavy atom. The van der Waals surface area contributed by atoms with Gasteiger partial charge in [0.2, 0.25) is 0 Å². The van der Waals surface area contributed by atoms with E-state index in [4.69, 9.17) is 0 Å². The van der Waals surface area contributed by atoms with E-state index in [1.807, 2.05) is 0 Å². The molecule has 0 bridgehead atoms. The minimum absolute atomic E-state index is 0.00398. The molecule has 1 saturated carbocycles. The average Bonchev–Trinajstić information content (AvgIpc) is 2.05. The molecule has 1 unspecified atom stereocenters. The summed E-state index contributed by atoms with van der Waals surface area (Å²) in [5.74, 6) is 0.889. The van der Waals surface area contributed by atoms with Gasteiger partial charge in [-0.3, -0.25) is 0 Å². The van der Waals surface area contributed by atoms with Crippen molar-refractivity contribution in [3.63, 3.8) is 0 Å². The molecular weight excluding hydrogens is 200 g/mol. The minimum Gasteiger partial charge on any atom is -0.393 e. The van der Waals surface area contributed by atoms with Gasteiger partial charge in [0, 0.05) is 8.80 Å². The number of hydrogen-bond acceptors (Lipinski definition) is 1. The molecule has 1 aliphatic carbocycles. The molecule has 1 rings (SSSR count). The fraction of sp³-hybridized carbons (Fsp3) is 1.00. The van der Waals surface area contributed by atoms with Crippen molar-refractivity contribution in [3.8, 4) is 0 Å². The van der Waals surface area contributed by atoms with Gasteiger partial charge in [0.05, 0.1) is 6.10 Å². The van der Waals surface area contributed by atoms with Crippen LogP contribution in [0.25, 0.3) is 0 Å². The van der Waals surface area contributed by atoms with Crippen molar-refractivity contribution in [2.75, 3.05) is 0 Å². The molecule has 0 amide bonds. The van der Waals surface area contributed by atoms with Crippen molar-refractivity contribution in [1.82, 2.24) is 0 Å². The third-order valence-electron chi connectivity index (χ3n) is 3.97. The van der Waals surface area contributed by atoms with Crippen molar-refractivity contribution in [3.05, 3.63) is 0 Å². The monoisotopic (exact) mass is 228 g/mol. The summed E-state index contributed by atoms with van der Waals surface area (Å²) in [6, 6.07) is 0. The van der Waals surface area contributed by atoms with Gasteiger partial charge in [0.25, 0.3) is 0 Å². The zero-order chi connectivity index (χ0) is 11.6. The Morgan fingerprint density at radius 1 is 1.07 bits per heavy atom. The highest BCUT2D eigenvalue weighted by molar-refractivity contribution is 6.57. The van der Waals surface area contributed by atoms with E-state index in [9.17, 15) is 5.11 Å². The van der Waals surface area contributed by atoms with Gasteiger partial charge in [-0.25, -0.2) is 0 Å². The third-order valence-corrected chi connectivity index (χ3v) is 6.95. The number of hydrogen-bond donors (Lipinski definition) is 1. The second-order valence-electron chi connectivity index (χ2n) is 6.70. The molecule has 1 aliphatic rings. The first-order chi connectivity index (χ1) is 6.82. The molecule has 1 fully saturated rings. The highest BCUT2D eigenvalue weighted by Gasteiger charge is 2.36. The van der Waals surface area contributed by atoms with Crippen LogP contribution in [0.4, 0.5) is 0 Å². The third kappa shape index (κ3) is 3.60. The van der Waals surface area contributed by atoms with Crippen LogP contribution < -0.4 is 0 Å². The van der Waals surface area contributed by atoms with Gasteiger partial charge in [-0.1, -0.05) is 33.9 Å². The number of rotatable bonds is 2. The van der Waals surface area contributed by atoms with E-state index in [1.54, 1.807) is 0 Å². The molecule has 0 aromatic heterocycles. The largest absolute Gasteiger partial charge is 0.393 e. The molecule has 0 heterocycles. The van der Waals surface area contributed by atoms with E-state index in [0.717, 1.165) is 24.3 Å². The van der Waals surface area contributed by atoms with E-state index in [-0.39, 0.29) is 6.10 Å². The van der Waals surface area contributed by atoms with Crippen LogP contribution in [-0.2, 0) is 0 Å². The van der Waals surface area contributed by atoms with Gasteiger partial charge in [-0.15, -0.1) is 0 Å². The summed E-state index contributed by atoms with van der Waals surface area (Å²) in [4.78, 5) is 0. The topological polar surface area (TPSA) is 20.2 Å². The molecule has 15 heavy (non-hydrogen) atoms. The van der Waals surface area contributed by atoms with Crippen molar-refractivity contribution < 1.29 is 5.11 Å². The van der Waals surface area contributed by atoms with Crippen molar-refractivity contribution in [2.45, 2.75) is 71.2 Å². The predicted molar refractivity (Wildman–Crippen MR) is 70.0 cm³/mol. The van der Waals surface area contributed by atoms with E-state index < -0.39 is 8.80 Å². The first kappa shape index (κ1) is 13.2. The van der Waals surface area contributed by atoms with Gasteiger partial charge in [-0.2, -0.15) is 0 Å². The van der Waals surface area contributed by atoms with Gasteiger partial charge in [0.15, 0.2) is 0 Å². The fourth-order valence-electron chi connectivity index (χ4n) is 3.71. The Bertz CT molecular complexity index is 187. The van der Waals surface area contributed by atoms with Crippen LogP contribution >= 0.6 is 0 Å². The van der Waals surface area contributed by atoms with Gasteiger partial charge in [-0.05, 0) is 42.6 Å². The van der Waals surface area contributed by atoms with Crippen LogP contribution in [0.1, 0.15) is 46.5 Å². The summed E-state index contributed by atoms with van der Waals surface area (Å²) in [6.45, 7) is 12.2. The Morgan fingerprint density at radius 3 is 1.87 bits per heavy atom. The van der Waals surface area contributed by atoms with Crippen molar-refractivity contribution >= 4 is 8.80 Å². The van der Waals surface area contributed by atoms with Crippen LogP contribution in [0.2, 0.25) is 18.6 Å². The van der Waals surface area contributed by atoms with Gasteiger partial charge >= 0.3 is 0 Å². The Labute approximate surface area is 96.9 Å². The lowest BCUT2D eigenvalue weighted by Crippen LogP contribution is -2.35. The Kier molecular flexibility index (Phi) is 4.42. The molecule has 0 saturated heterocycles. The minimum atomic E-state index is -0.586. The van der Waals surface area contributed by atoms with Crippen LogP contribution in [0.5, 0.6) is 0 Å². The van der Waals surface area contributed by atoms with Gasteiger partial charge < -0.3 is 5.11 Å². The maximum atomic E-state index is 9.56. The van der Waals surface area contributed by atoms with Crippen LogP contribution in [-0.4, -0.2) is 20.0 Å². The highest BCUT2D eigenvalue weighted by atomic mass is 28.3. The summed E-state index contributed by atoms with van der Waals surface area (Å²) < 4.78 is 0. The SMILES string of the molecule is C[SiH](C)C(C1CCC(O)CC1)C(C)(C)C. The number of aliphatic hydroxyl groups is 1. The highest BCUT2D eigenvalue weighted by Crippen LogP contribution is 2.45. The molecule has 1 N–H and O–H groups in total. The maximum absolute atomic E-state index is 9.56. The summed E-state index contributed by atoms with van der Waals surface area (Å²) in [5, 5.41) is 9.56. The Hall–Kier alpha value is 0.177. The standard InChI is InChI=1S/C13H28OSi/c1-13(2,3)12(15(4)5)10-6-8-11(14)9-7-10/h10-12,14-15H,6-9H2,1-5H3. The summed E-state index contributed by atoms with van der Waals surface area (Å²) in [5.41, 5.74) is 1.40. The lowest BCUT2D eigenvalue weighted by atomic mass is 9.76. The number of aliphatic hydroxyl groups excluding tert-OH is 1. The second-order valence-corrected chi connectivity index (χ2v) is 9.91. The smallest absolute Gasteiger partial charge is 0.0540 e. The van der Waals surface area contributed by atoms with Crippen LogP contribution in [0.3, 0.4) is 0 Å². The van der Waals surface area contributed by atoms with Crippen molar-refractivity contribution in [2.24, 2.45) is 11.3 Å². The van der Waals surface area contributed by atoms with Crippen LogP contribution in [0.15, 0.2) is 0 Å². The molecule has 0 aliphatic heterocycles. The van der Waals surface area contributed by atoms with Crippen molar-refractivity contribution in [1.29, 1.82) is 0 Å². The molecule has 2 heteroatoms. The summed E-state index contributed by atoms with van der Waals surface area (Å²) >= 11 is 0. The predicted octanol–water partition coefficient (Wildman–Crippen LogP) is 3.44. The lowest BCUT2D eigenvalue weighted by molar-refractivity contribution is 0.0952. The maximum Gasteiger partial charge on any atom is 0.0540 e. The molecule has 0 radical (unpaired) electrons. The summed E-state index contributed by atoms with van der Waals surface area (Å²) in [7, 11) is -0.586. The lowest BCUT2D eigenvalue weighted by Gasteiger charge is -2.42. The molecule has 0 aromatic rings. The molecule has 0 aromatic carbocycles. The normalized spacial score (nSPS) is 30.6. The molecule has 1 nitrogen and oxygen atoms in total. The molecule has 0 spiro atoms. The second kappa shape index (κ2) is 5.01. The molecule has 1 atom stereocenters. The van der Waals surface area contributed by atoms with E-state index in [1.165, 1.54) is 12.8 Å². The zero-order valence-corrected chi connectivity index (χ0v) is 12.2. The summed E-state index contributed by atoms with van der Waals surface area (Å²) in [6.07, 6.45) is 4.59. The van der Waals surface area contributed by atoms with E-state index >= 15 is 0 Å². The Balaban J connectivity index is 2.65. The molecule has 90 valence electrons. The van der Waals surface area contributed by atoms with Gasteiger partial charge in [0.1, 0.15) is 0 Å². The quantitative estimate of drug-likeness (QED) is 0.718. The first-order valence-corrected chi connectivity index (χ1v) is 9.48. The fourth-order valence-corrected chi connectivity index (χ4v) is 7.19. The van der Waals surface area contributed by atoms with Crippen LogP contribution in [0, 0.1) is 11.3 Å². The van der Waals surface area contributed by atoms with E-state index in [2.05, 4.69) is 33.9 Å². The van der Waals surface area contributed by atoms with E-state index in [0.29, 0.717) is 5.41 Å². The average molecular weight is 228 g/mol.